The number of carbonyl (C=O) groups excluding carboxylic acids is 1. The fraction of sp³-hybridized carbons (Fsp3) is 0.316. The molecule has 25 heavy (non-hydrogen) atoms. The highest BCUT2D eigenvalue weighted by molar-refractivity contribution is 6.43. The van der Waals surface area contributed by atoms with Crippen molar-refractivity contribution in [1.29, 1.82) is 0 Å². The van der Waals surface area contributed by atoms with Gasteiger partial charge in [0, 0.05) is 19.6 Å². The summed E-state index contributed by atoms with van der Waals surface area (Å²) in [5, 5.41) is 3.66. The Balaban J connectivity index is 1.74. The van der Waals surface area contributed by atoms with Crippen LogP contribution in [0.2, 0.25) is 10.0 Å². The van der Waals surface area contributed by atoms with Crippen molar-refractivity contribution in [1.82, 2.24) is 10.2 Å². The van der Waals surface area contributed by atoms with Gasteiger partial charge in [-0.05, 0) is 17.7 Å². The van der Waals surface area contributed by atoms with E-state index >= 15 is 0 Å². The highest BCUT2D eigenvalue weighted by Crippen LogP contribution is 2.26. The van der Waals surface area contributed by atoms with Crippen molar-refractivity contribution in [3.8, 4) is 0 Å². The van der Waals surface area contributed by atoms with Crippen molar-refractivity contribution in [3.05, 3.63) is 69.7 Å². The van der Waals surface area contributed by atoms with Crippen LogP contribution in [0.3, 0.4) is 0 Å². The van der Waals surface area contributed by atoms with E-state index in [9.17, 15) is 4.79 Å². The monoisotopic (exact) mass is 378 g/mol. The van der Waals surface area contributed by atoms with Gasteiger partial charge in [0.15, 0.2) is 0 Å². The molecule has 2 aromatic carbocycles. The van der Waals surface area contributed by atoms with Gasteiger partial charge in [0.2, 0.25) is 0 Å². The van der Waals surface area contributed by atoms with E-state index in [0.717, 1.165) is 13.1 Å². The molecular weight excluding hydrogens is 359 g/mol. The molecule has 1 heterocycles. The lowest BCUT2D eigenvalue weighted by atomic mass is 10.0. The van der Waals surface area contributed by atoms with E-state index in [-0.39, 0.29) is 17.0 Å². The summed E-state index contributed by atoms with van der Waals surface area (Å²) in [6.07, 6.45) is 0. The molecule has 4 nitrogen and oxygen atoms in total. The molecule has 1 saturated heterocycles. The van der Waals surface area contributed by atoms with Crippen LogP contribution in [0.1, 0.15) is 22.0 Å². The van der Waals surface area contributed by atoms with Gasteiger partial charge >= 0.3 is 0 Å². The quantitative estimate of drug-likeness (QED) is 0.860. The van der Waals surface area contributed by atoms with Crippen molar-refractivity contribution in [2.24, 2.45) is 0 Å². The normalized spacial score (nSPS) is 16.4. The van der Waals surface area contributed by atoms with Gasteiger partial charge in [-0.25, -0.2) is 0 Å². The third-order valence-electron chi connectivity index (χ3n) is 4.32. The molecule has 0 radical (unpaired) electrons. The average molecular weight is 379 g/mol. The van der Waals surface area contributed by atoms with Gasteiger partial charge in [-0.1, -0.05) is 59.6 Å². The van der Waals surface area contributed by atoms with Crippen LogP contribution in [0.15, 0.2) is 48.5 Å². The van der Waals surface area contributed by atoms with Crippen LogP contribution >= 0.6 is 23.2 Å². The Bertz CT molecular complexity index is 719. The van der Waals surface area contributed by atoms with Crippen molar-refractivity contribution in [2.75, 3.05) is 32.8 Å². The predicted octanol–water partition coefficient (Wildman–Crippen LogP) is 3.80. The predicted molar refractivity (Wildman–Crippen MR) is 100 cm³/mol. The molecule has 3 rings (SSSR count). The minimum Gasteiger partial charge on any atom is -0.379 e. The van der Waals surface area contributed by atoms with Gasteiger partial charge in [0.1, 0.15) is 0 Å². The maximum atomic E-state index is 12.5. The Kier molecular flexibility index (Phi) is 6.32. The molecule has 0 aromatic heterocycles. The zero-order valence-corrected chi connectivity index (χ0v) is 15.3. The lowest BCUT2D eigenvalue weighted by molar-refractivity contribution is 0.0162. The maximum absolute atomic E-state index is 12.5. The van der Waals surface area contributed by atoms with Crippen LogP contribution in [0.4, 0.5) is 0 Å². The van der Waals surface area contributed by atoms with E-state index < -0.39 is 0 Å². The second kappa shape index (κ2) is 8.68. The van der Waals surface area contributed by atoms with Crippen LogP contribution in [0.25, 0.3) is 0 Å². The molecule has 1 aliphatic heterocycles. The molecule has 1 fully saturated rings. The first-order valence-corrected chi connectivity index (χ1v) is 9.01. The standard InChI is InChI=1S/C19H20Cl2N2O2/c20-16-8-4-7-15(18(16)21)19(24)22-13-17(14-5-2-1-3-6-14)23-9-11-25-12-10-23/h1-8,17H,9-13H2,(H,22,24). The van der Waals surface area contributed by atoms with Crippen LogP contribution in [-0.4, -0.2) is 43.7 Å². The number of morpholine rings is 1. The van der Waals surface area contributed by atoms with Crippen molar-refractivity contribution in [3.63, 3.8) is 0 Å². The number of carbonyl (C=O) groups is 1. The van der Waals surface area contributed by atoms with Gasteiger partial charge in [0.05, 0.1) is 34.9 Å². The first kappa shape index (κ1) is 18.2. The van der Waals surface area contributed by atoms with E-state index in [2.05, 4.69) is 22.3 Å². The number of hydrogen-bond donors (Lipinski definition) is 1. The molecule has 6 heteroatoms. The van der Waals surface area contributed by atoms with Crippen molar-refractivity contribution >= 4 is 29.1 Å². The molecule has 0 saturated carbocycles. The maximum Gasteiger partial charge on any atom is 0.252 e. The number of amides is 1. The first-order chi connectivity index (χ1) is 12.2. The molecule has 1 aliphatic rings. The van der Waals surface area contributed by atoms with Crippen LogP contribution < -0.4 is 5.32 Å². The summed E-state index contributed by atoms with van der Waals surface area (Å²) >= 11 is 12.2. The fourth-order valence-corrected chi connectivity index (χ4v) is 3.37. The van der Waals surface area contributed by atoms with Gasteiger partial charge in [0.25, 0.3) is 5.91 Å². The molecule has 2 aromatic rings. The average Bonchev–Trinajstić information content (AvgIpc) is 2.66. The number of ether oxygens (including phenoxy) is 1. The van der Waals surface area contributed by atoms with Gasteiger partial charge in [-0.2, -0.15) is 0 Å². The topological polar surface area (TPSA) is 41.6 Å². The summed E-state index contributed by atoms with van der Waals surface area (Å²) in [5.41, 5.74) is 1.56. The van der Waals surface area contributed by atoms with Crippen molar-refractivity contribution < 1.29 is 9.53 Å². The lowest BCUT2D eigenvalue weighted by Gasteiger charge is -2.35. The Morgan fingerprint density at radius 1 is 1.08 bits per heavy atom. The third-order valence-corrected chi connectivity index (χ3v) is 5.14. The Morgan fingerprint density at radius 3 is 2.52 bits per heavy atom. The molecule has 1 unspecified atom stereocenters. The number of hydrogen-bond acceptors (Lipinski definition) is 3. The van der Waals surface area contributed by atoms with E-state index in [1.807, 2.05) is 18.2 Å². The molecule has 1 amide bonds. The molecule has 0 spiro atoms. The van der Waals surface area contributed by atoms with E-state index in [0.29, 0.717) is 30.3 Å². The lowest BCUT2D eigenvalue weighted by Crippen LogP contribution is -2.43. The smallest absolute Gasteiger partial charge is 0.252 e. The zero-order chi connectivity index (χ0) is 17.6. The molecule has 0 bridgehead atoms. The van der Waals surface area contributed by atoms with Crippen molar-refractivity contribution in [2.45, 2.75) is 6.04 Å². The van der Waals surface area contributed by atoms with Crippen LogP contribution in [-0.2, 0) is 4.74 Å². The Labute approximate surface area is 157 Å². The third kappa shape index (κ3) is 4.53. The Hall–Kier alpha value is -1.59. The minimum absolute atomic E-state index is 0.0898. The van der Waals surface area contributed by atoms with E-state index in [4.69, 9.17) is 27.9 Å². The first-order valence-electron chi connectivity index (χ1n) is 8.26. The SMILES string of the molecule is O=C(NCC(c1ccccc1)N1CCOCC1)c1cccc(Cl)c1Cl. The summed E-state index contributed by atoms with van der Waals surface area (Å²) in [6.45, 7) is 3.58. The van der Waals surface area contributed by atoms with E-state index in [1.54, 1.807) is 18.2 Å². The number of rotatable bonds is 5. The van der Waals surface area contributed by atoms with Crippen LogP contribution in [0.5, 0.6) is 0 Å². The fourth-order valence-electron chi connectivity index (χ4n) is 2.99. The minimum atomic E-state index is -0.221. The summed E-state index contributed by atoms with van der Waals surface area (Å²) in [6, 6.07) is 15.3. The second-order valence-electron chi connectivity index (χ2n) is 5.89. The van der Waals surface area contributed by atoms with Crippen LogP contribution in [0, 0.1) is 0 Å². The molecule has 0 aliphatic carbocycles. The number of benzene rings is 2. The number of halogens is 2. The molecular formula is C19H20Cl2N2O2. The summed E-state index contributed by atoms with van der Waals surface area (Å²) < 4.78 is 5.45. The molecule has 132 valence electrons. The molecule has 1 atom stereocenters. The second-order valence-corrected chi connectivity index (χ2v) is 6.67. The van der Waals surface area contributed by atoms with E-state index in [1.165, 1.54) is 5.56 Å². The van der Waals surface area contributed by atoms with Gasteiger partial charge in [-0.15, -0.1) is 0 Å². The highest BCUT2D eigenvalue weighted by atomic mass is 35.5. The summed E-state index contributed by atoms with van der Waals surface area (Å²) in [4.78, 5) is 14.9. The van der Waals surface area contributed by atoms with Gasteiger partial charge < -0.3 is 10.1 Å². The summed E-state index contributed by atoms with van der Waals surface area (Å²) in [7, 11) is 0. The summed E-state index contributed by atoms with van der Waals surface area (Å²) in [5.74, 6) is -0.221. The zero-order valence-electron chi connectivity index (χ0n) is 13.8. The van der Waals surface area contributed by atoms with Gasteiger partial charge in [-0.3, -0.25) is 9.69 Å². The number of nitrogens with zero attached hydrogens (tertiary/aromatic N) is 1. The highest BCUT2D eigenvalue weighted by Gasteiger charge is 2.23. The molecule has 1 N–H and O–H groups in total. The largest absolute Gasteiger partial charge is 0.379 e. The Morgan fingerprint density at radius 2 is 1.80 bits per heavy atom. The number of nitrogens with one attached hydrogen (secondary N) is 1.